The highest BCUT2D eigenvalue weighted by atomic mass is 32.1. The van der Waals surface area contributed by atoms with Crippen molar-refractivity contribution < 1.29 is 14.3 Å². The van der Waals surface area contributed by atoms with Gasteiger partial charge in [-0.2, -0.15) is 5.10 Å². The van der Waals surface area contributed by atoms with Crippen LogP contribution in [0, 0.1) is 0 Å². The topological polar surface area (TPSA) is 72.8 Å². The summed E-state index contributed by atoms with van der Waals surface area (Å²) in [7, 11) is 1.66. The summed E-state index contributed by atoms with van der Waals surface area (Å²) in [5, 5.41) is 8.79. The van der Waals surface area contributed by atoms with Crippen LogP contribution in [0.15, 0.2) is 46.9 Å². The molecule has 0 fully saturated rings. The summed E-state index contributed by atoms with van der Waals surface area (Å²) in [5.41, 5.74) is 4.54. The highest BCUT2D eigenvalue weighted by Crippen LogP contribution is 2.27. The van der Waals surface area contributed by atoms with Gasteiger partial charge in [0.2, 0.25) is 5.13 Å². The van der Waals surface area contributed by atoms with Gasteiger partial charge in [-0.15, -0.1) is 11.3 Å². The molecule has 0 atom stereocenters. The van der Waals surface area contributed by atoms with Crippen molar-refractivity contribution in [2.24, 2.45) is 5.10 Å². The summed E-state index contributed by atoms with van der Waals surface area (Å²) < 4.78 is 10.3. The van der Waals surface area contributed by atoms with E-state index in [1.165, 1.54) is 11.3 Å². The second kappa shape index (κ2) is 8.44. The first-order valence-corrected chi connectivity index (χ1v) is 9.04. The predicted octanol–water partition coefficient (Wildman–Crippen LogP) is 3.86. The van der Waals surface area contributed by atoms with Gasteiger partial charge in [-0.25, -0.2) is 4.98 Å². The lowest BCUT2D eigenvalue weighted by Gasteiger charge is -2.07. The highest BCUT2D eigenvalue weighted by molar-refractivity contribution is 7.13. The molecule has 0 unspecified atom stereocenters. The molecule has 0 aliphatic rings. The molecule has 1 aromatic heterocycles. The molecule has 134 valence electrons. The molecule has 0 bridgehead atoms. The lowest BCUT2D eigenvalue weighted by Crippen LogP contribution is -2.07. The average molecular weight is 369 g/mol. The third-order valence-electron chi connectivity index (χ3n) is 3.68. The van der Waals surface area contributed by atoms with E-state index >= 15 is 0 Å². The highest BCUT2D eigenvalue weighted by Gasteiger charge is 2.08. The summed E-state index contributed by atoms with van der Waals surface area (Å²) >= 11 is 1.39. The van der Waals surface area contributed by atoms with Gasteiger partial charge in [0.25, 0.3) is 0 Å². The second-order valence-electron chi connectivity index (χ2n) is 5.40. The second-order valence-corrected chi connectivity index (χ2v) is 6.26. The molecular formula is C19H19N3O3S. The van der Waals surface area contributed by atoms with Crippen LogP contribution < -0.4 is 10.2 Å². The smallest absolute Gasteiger partial charge is 0.311 e. The molecule has 1 heterocycles. The van der Waals surface area contributed by atoms with E-state index in [1.807, 2.05) is 41.8 Å². The number of anilines is 1. The lowest BCUT2D eigenvalue weighted by molar-refractivity contribution is -0.142. The number of hydrazone groups is 1. The van der Waals surface area contributed by atoms with Crippen LogP contribution in [-0.2, 0) is 16.0 Å². The Balaban J connectivity index is 1.71. The van der Waals surface area contributed by atoms with Crippen molar-refractivity contribution in [3.63, 3.8) is 0 Å². The molecule has 0 saturated carbocycles. The Morgan fingerprint density at radius 2 is 2.08 bits per heavy atom. The largest absolute Gasteiger partial charge is 0.496 e. The van der Waals surface area contributed by atoms with Crippen LogP contribution in [0.2, 0.25) is 0 Å². The summed E-state index contributed by atoms with van der Waals surface area (Å²) in [6, 6.07) is 11.9. The normalized spacial score (nSPS) is 11.0. The Kier molecular flexibility index (Phi) is 5.80. The fourth-order valence-electron chi connectivity index (χ4n) is 2.54. The van der Waals surface area contributed by atoms with Crippen molar-refractivity contribution >= 4 is 39.4 Å². The predicted molar refractivity (Wildman–Crippen MR) is 104 cm³/mol. The maximum Gasteiger partial charge on any atom is 0.311 e. The molecule has 6 nitrogen and oxygen atoms in total. The molecule has 0 aliphatic carbocycles. The van der Waals surface area contributed by atoms with Gasteiger partial charge >= 0.3 is 5.97 Å². The third kappa shape index (κ3) is 4.18. The van der Waals surface area contributed by atoms with E-state index in [9.17, 15) is 4.79 Å². The zero-order chi connectivity index (χ0) is 18.4. The van der Waals surface area contributed by atoms with Crippen LogP contribution >= 0.6 is 11.3 Å². The molecule has 7 heteroatoms. The molecule has 1 N–H and O–H groups in total. The van der Waals surface area contributed by atoms with Gasteiger partial charge in [0.05, 0.1) is 32.0 Å². The van der Waals surface area contributed by atoms with Gasteiger partial charge < -0.3 is 9.47 Å². The van der Waals surface area contributed by atoms with Crippen molar-refractivity contribution in [3.8, 4) is 5.75 Å². The van der Waals surface area contributed by atoms with Gasteiger partial charge in [-0.3, -0.25) is 10.2 Å². The molecule has 3 aromatic rings. The van der Waals surface area contributed by atoms with E-state index in [4.69, 9.17) is 9.47 Å². The van der Waals surface area contributed by atoms with E-state index in [2.05, 4.69) is 15.5 Å². The first-order valence-electron chi connectivity index (χ1n) is 8.16. The molecule has 3 rings (SSSR count). The maximum atomic E-state index is 11.5. The quantitative estimate of drug-likeness (QED) is 0.389. The minimum Gasteiger partial charge on any atom is -0.496 e. The third-order valence-corrected chi connectivity index (χ3v) is 4.48. The number of nitrogens with zero attached hydrogens (tertiary/aromatic N) is 2. The summed E-state index contributed by atoms with van der Waals surface area (Å²) in [4.78, 5) is 15.8. The van der Waals surface area contributed by atoms with Gasteiger partial charge in [-0.1, -0.05) is 24.3 Å². The number of nitrogens with one attached hydrogen (secondary N) is 1. The minimum atomic E-state index is -0.280. The number of ether oxygens (including phenoxy) is 2. The summed E-state index contributed by atoms with van der Waals surface area (Å²) in [5.74, 6) is 0.548. The van der Waals surface area contributed by atoms with Crippen molar-refractivity contribution in [1.82, 2.24) is 4.98 Å². The maximum absolute atomic E-state index is 11.5. The number of fused-ring (bicyclic) bond motifs is 1. The number of hydrogen-bond donors (Lipinski definition) is 1. The van der Waals surface area contributed by atoms with Crippen LogP contribution in [0.4, 0.5) is 5.13 Å². The number of benzene rings is 2. The molecule has 2 aromatic carbocycles. The Bertz CT molecular complexity index is 937. The Morgan fingerprint density at radius 1 is 1.27 bits per heavy atom. The lowest BCUT2D eigenvalue weighted by atomic mass is 10.0. The Morgan fingerprint density at radius 3 is 2.85 bits per heavy atom. The van der Waals surface area contributed by atoms with Gasteiger partial charge in [0, 0.05) is 16.3 Å². The molecular weight excluding hydrogens is 350 g/mol. The van der Waals surface area contributed by atoms with Crippen molar-refractivity contribution in [1.29, 1.82) is 0 Å². The van der Waals surface area contributed by atoms with Gasteiger partial charge in [0.15, 0.2) is 0 Å². The van der Waals surface area contributed by atoms with Crippen LogP contribution in [-0.4, -0.2) is 30.9 Å². The molecule has 26 heavy (non-hydrogen) atoms. The number of methoxy groups -OCH3 is 1. The molecule has 0 radical (unpaired) electrons. The standard InChI is InChI=1S/C19H19N3O3S/c1-3-25-18(23)10-14-12-26-19(21-14)22-20-11-13-8-9-17(24-2)16-7-5-4-6-15(13)16/h4-9,11-12H,3,10H2,1-2H3,(H,21,22). The van der Waals surface area contributed by atoms with Crippen LogP contribution in [0.1, 0.15) is 18.2 Å². The number of aromatic nitrogens is 1. The first-order chi connectivity index (χ1) is 12.7. The SMILES string of the molecule is CCOC(=O)Cc1csc(NN=Cc2ccc(OC)c3ccccc23)n1. The van der Waals surface area contributed by atoms with Crippen molar-refractivity contribution in [3.05, 3.63) is 53.0 Å². The van der Waals surface area contributed by atoms with E-state index < -0.39 is 0 Å². The van der Waals surface area contributed by atoms with Gasteiger partial charge in [-0.05, 0) is 24.4 Å². The number of esters is 1. The number of thiazole rings is 1. The van der Waals surface area contributed by atoms with E-state index in [-0.39, 0.29) is 12.4 Å². The summed E-state index contributed by atoms with van der Waals surface area (Å²) in [6.07, 6.45) is 1.91. The molecule has 0 saturated heterocycles. The van der Waals surface area contributed by atoms with Crippen molar-refractivity contribution in [2.45, 2.75) is 13.3 Å². The zero-order valence-corrected chi connectivity index (χ0v) is 15.4. The number of hydrogen-bond acceptors (Lipinski definition) is 7. The summed E-state index contributed by atoms with van der Waals surface area (Å²) in [6.45, 7) is 2.15. The van der Waals surface area contributed by atoms with Crippen LogP contribution in [0.5, 0.6) is 5.75 Å². The van der Waals surface area contributed by atoms with E-state index in [1.54, 1.807) is 20.2 Å². The first kappa shape index (κ1) is 17.9. The monoisotopic (exact) mass is 369 g/mol. The van der Waals surface area contributed by atoms with Crippen LogP contribution in [0.3, 0.4) is 0 Å². The van der Waals surface area contributed by atoms with E-state index in [0.717, 1.165) is 22.1 Å². The van der Waals surface area contributed by atoms with Gasteiger partial charge in [0.1, 0.15) is 5.75 Å². The number of carbonyl (C=O) groups excluding carboxylic acids is 1. The fourth-order valence-corrected chi connectivity index (χ4v) is 3.20. The fraction of sp³-hybridized carbons (Fsp3) is 0.211. The minimum absolute atomic E-state index is 0.166. The molecule has 0 spiro atoms. The van der Waals surface area contributed by atoms with E-state index in [0.29, 0.717) is 17.4 Å². The number of rotatable bonds is 7. The number of carbonyl (C=O) groups is 1. The Hall–Kier alpha value is -2.93. The molecule has 0 amide bonds. The zero-order valence-electron chi connectivity index (χ0n) is 14.6. The van der Waals surface area contributed by atoms with Crippen LogP contribution in [0.25, 0.3) is 10.8 Å². The molecule has 0 aliphatic heterocycles. The Labute approximate surface area is 155 Å². The van der Waals surface area contributed by atoms with Crippen molar-refractivity contribution in [2.75, 3.05) is 19.1 Å². The average Bonchev–Trinajstić information content (AvgIpc) is 3.09.